The molecular weight excluding hydrogens is 444 g/mol. The number of nitrogens with zero attached hydrogens (tertiary/aromatic N) is 4. The number of hydrazone groups is 1. The van der Waals surface area contributed by atoms with Gasteiger partial charge in [-0.1, -0.05) is 23.7 Å². The van der Waals surface area contributed by atoms with E-state index < -0.39 is 14.9 Å². The molecule has 3 rings (SSSR count). The van der Waals surface area contributed by atoms with E-state index in [-0.39, 0.29) is 27.0 Å². The third-order valence-electron chi connectivity index (χ3n) is 4.53. The maximum atomic E-state index is 13.0. The van der Waals surface area contributed by atoms with Crippen molar-refractivity contribution in [1.82, 2.24) is 9.78 Å². The Bertz CT molecular complexity index is 1290. The van der Waals surface area contributed by atoms with Crippen molar-refractivity contribution in [3.8, 4) is 0 Å². The average Bonchev–Trinajstić information content (AvgIpc) is 2.95. The van der Waals surface area contributed by atoms with Crippen LogP contribution in [0.2, 0.25) is 5.02 Å². The molecule has 0 atom stereocenters. The van der Waals surface area contributed by atoms with Gasteiger partial charge in [0, 0.05) is 30.4 Å². The maximum Gasteiger partial charge on any atom is 0.270 e. The summed E-state index contributed by atoms with van der Waals surface area (Å²) < 4.78 is 30.0. The van der Waals surface area contributed by atoms with E-state index in [9.17, 15) is 18.5 Å². The van der Waals surface area contributed by atoms with Crippen LogP contribution in [0.3, 0.4) is 0 Å². The van der Waals surface area contributed by atoms with Crippen LogP contribution in [0, 0.1) is 24.0 Å². The molecule has 31 heavy (non-hydrogen) atoms. The van der Waals surface area contributed by atoms with Crippen molar-refractivity contribution in [2.75, 3.05) is 10.1 Å². The van der Waals surface area contributed by atoms with Gasteiger partial charge in [0.25, 0.3) is 15.7 Å². The van der Waals surface area contributed by atoms with Crippen molar-refractivity contribution in [1.29, 1.82) is 0 Å². The molecule has 2 N–H and O–H groups in total. The Balaban J connectivity index is 1.98. The minimum Gasteiger partial charge on any atom is -0.278 e. The number of rotatable bonds is 7. The van der Waals surface area contributed by atoms with Gasteiger partial charge in [-0.25, -0.2) is 8.42 Å². The molecule has 12 heteroatoms. The minimum atomic E-state index is -4.22. The number of para-hydroxylation sites is 1. The van der Waals surface area contributed by atoms with Crippen LogP contribution in [0.25, 0.3) is 0 Å². The van der Waals surface area contributed by atoms with Gasteiger partial charge < -0.3 is 0 Å². The summed E-state index contributed by atoms with van der Waals surface area (Å²) >= 11 is 6.04. The molecule has 0 aliphatic carbocycles. The van der Waals surface area contributed by atoms with Crippen LogP contribution < -0.4 is 10.1 Å². The second-order valence-corrected chi connectivity index (χ2v) is 8.66. The first kappa shape index (κ1) is 22.2. The van der Waals surface area contributed by atoms with Gasteiger partial charge in [-0.3, -0.25) is 24.9 Å². The van der Waals surface area contributed by atoms with Gasteiger partial charge in [-0.05, 0) is 32.0 Å². The van der Waals surface area contributed by atoms with Crippen LogP contribution in [0.15, 0.2) is 52.5 Å². The molecule has 0 radical (unpaired) electrons. The lowest BCUT2D eigenvalue weighted by Gasteiger charge is -2.12. The summed E-state index contributed by atoms with van der Waals surface area (Å²) in [5.41, 5.74) is 4.88. The van der Waals surface area contributed by atoms with Crippen molar-refractivity contribution >= 4 is 44.9 Å². The molecule has 3 aromatic rings. The monoisotopic (exact) mass is 462 g/mol. The van der Waals surface area contributed by atoms with E-state index in [4.69, 9.17) is 11.6 Å². The van der Waals surface area contributed by atoms with Gasteiger partial charge in [0.05, 0.1) is 33.2 Å². The molecule has 0 saturated carbocycles. The van der Waals surface area contributed by atoms with Crippen LogP contribution in [0.5, 0.6) is 0 Å². The fourth-order valence-electron chi connectivity index (χ4n) is 2.83. The fourth-order valence-corrected chi connectivity index (χ4v) is 4.32. The quantitative estimate of drug-likeness (QED) is 0.311. The van der Waals surface area contributed by atoms with Gasteiger partial charge in [-0.2, -0.15) is 10.2 Å². The standard InChI is InChI=1S/C19H19ClN6O4S/c1-12-15(13(2)25(3)23-12)11-21-22-18-9-8-14(26(27)28)10-19(18)31(29,30)24-17-7-5-4-6-16(17)20/h4-11,22,24H,1-3H3/b21-11+. The van der Waals surface area contributed by atoms with Crippen molar-refractivity contribution in [2.24, 2.45) is 12.1 Å². The lowest BCUT2D eigenvalue weighted by atomic mass is 10.2. The molecule has 1 aromatic heterocycles. The van der Waals surface area contributed by atoms with E-state index >= 15 is 0 Å². The zero-order valence-electron chi connectivity index (χ0n) is 16.8. The Morgan fingerprint density at radius 1 is 1.19 bits per heavy atom. The number of hydrogen-bond donors (Lipinski definition) is 2. The summed E-state index contributed by atoms with van der Waals surface area (Å²) in [4.78, 5) is 10.2. The molecular formula is C19H19ClN6O4S. The highest BCUT2D eigenvalue weighted by Gasteiger charge is 2.23. The molecule has 10 nitrogen and oxygen atoms in total. The minimum absolute atomic E-state index is 0.0561. The zero-order valence-corrected chi connectivity index (χ0v) is 18.4. The highest BCUT2D eigenvalue weighted by molar-refractivity contribution is 7.93. The number of anilines is 2. The van der Waals surface area contributed by atoms with Gasteiger partial charge in [-0.15, -0.1) is 0 Å². The fraction of sp³-hybridized carbons (Fsp3) is 0.158. The van der Waals surface area contributed by atoms with E-state index in [0.717, 1.165) is 23.0 Å². The SMILES string of the molecule is Cc1nn(C)c(C)c1/C=N/Nc1ccc([N+](=O)[O-])cc1S(=O)(=O)Nc1ccccc1Cl. The zero-order chi connectivity index (χ0) is 22.8. The number of nitrogens with one attached hydrogen (secondary N) is 2. The lowest BCUT2D eigenvalue weighted by Crippen LogP contribution is -2.15. The summed E-state index contributed by atoms with van der Waals surface area (Å²) in [6.45, 7) is 3.69. The Hall–Kier alpha value is -3.44. The molecule has 0 fully saturated rings. The molecule has 2 aromatic carbocycles. The smallest absolute Gasteiger partial charge is 0.270 e. The lowest BCUT2D eigenvalue weighted by molar-refractivity contribution is -0.385. The summed E-state index contributed by atoms with van der Waals surface area (Å²) in [5.74, 6) is 0. The average molecular weight is 463 g/mol. The van der Waals surface area contributed by atoms with Crippen LogP contribution in [0.1, 0.15) is 17.0 Å². The molecule has 162 valence electrons. The maximum absolute atomic E-state index is 13.0. The molecule has 0 unspecified atom stereocenters. The Morgan fingerprint density at radius 3 is 2.52 bits per heavy atom. The van der Waals surface area contributed by atoms with Gasteiger partial charge in [0.2, 0.25) is 0 Å². The van der Waals surface area contributed by atoms with Gasteiger partial charge >= 0.3 is 0 Å². The Labute approximate surface area is 183 Å². The Kier molecular flexibility index (Phi) is 6.27. The third-order valence-corrected chi connectivity index (χ3v) is 6.26. The van der Waals surface area contributed by atoms with E-state index in [1.807, 2.05) is 13.8 Å². The molecule has 0 aliphatic heterocycles. The first-order valence-electron chi connectivity index (χ1n) is 8.95. The number of non-ortho nitro benzene ring substituents is 1. The van der Waals surface area contributed by atoms with Crippen LogP contribution >= 0.6 is 11.6 Å². The summed E-state index contributed by atoms with van der Waals surface area (Å²) in [5, 5.41) is 19.8. The number of aryl methyl sites for hydroxylation is 2. The van der Waals surface area contributed by atoms with Crippen LogP contribution in [-0.2, 0) is 17.1 Å². The molecule has 1 heterocycles. The number of sulfonamides is 1. The predicted molar refractivity (Wildman–Crippen MR) is 119 cm³/mol. The number of aromatic nitrogens is 2. The van der Waals surface area contributed by atoms with Crippen molar-refractivity contribution < 1.29 is 13.3 Å². The second kappa shape index (κ2) is 8.74. The van der Waals surface area contributed by atoms with E-state index in [0.29, 0.717) is 0 Å². The van der Waals surface area contributed by atoms with Crippen molar-refractivity contribution in [3.05, 3.63) is 74.6 Å². The summed E-state index contributed by atoms with van der Waals surface area (Å²) in [7, 11) is -2.42. The highest BCUT2D eigenvalue weighted by Crippen LogP contribution is 2.30. The van der Waals surface area contributed by atoms with Crippen molar-refractivity contribution in [2.45, 2.75) is 18.7 Å². The normalized spacial score (nSPS) is 11.6. The molecule has 0 amide bonds. The molecule has 0 saturated heterocycles. The number of halogens is 1. The van der Waals surface area contributed by atoms with Gasteiger partial charge in [0.15, 0.2) is 0 Å². The summed E-state index contributed by atoms with van der Waals surface area (Å²) in [6, 6.07) is 9.69. The first-order chi connectivity index (χ1) is 14.6. The second-order valence-electron chi connectivity index (χ2n) is 6.60. The van der Waals surface area contributed by atoms with Gasteiger partial charge in [0.1, 0.15) is 4.90 Å². The third kappa shape index (κ3) is 4.84. The van der Waals surface area contributed by atoms with Crippen molar-refractivity contribution in [3.63, 3.8) is 0 Å². The van der Waals surface area contributed by atoms with Crippen LogP contribution in [0.4, 0.5) is 17.1 Å². The molecule has 0 aliphatic rings. The summed E-state index contributed by atoms with van der Waals surface area (Å²) in [6.07, 6.45) is 1.51. The highest BCUT2D eigenvalue weighted by atomic mass is 35.5. The molecule has 0 bridgehead atoms. The number of nitro benzene ring substituents is 1. The van der Waals surface area contributed by atoms with Crippen LogP contribution in [-0.4, -0.2) is 29.3 Å². The van der Waals surface area contributed by atoms with E-state index in [1.165, 1.54) is 30.5 Å². The number of nitro groups is 1. The van der Waals surface area contributed by atoms with E-state index in [2.05, 4.69) is 20.3 Å². The molecule has 0 spiro atoms. The Morgan fingerprint density at radius 2 is 1.90 bits per heavy atom. The largest absolute Gasteiger partial charge is 0.278 e. The topological polar surface area (TPSA) is 132 Å². The first-order valence-corrected chi connectivity index (χ1v) is 10.8. The number of benzene rings is 2. The number of hydrogen-bond acceptors (Lipinski definition) is 7. The van der Waals surface area contributed by atoms with E-state index in [1.54, 1.807) is 23.9 Å². The predicted octanol–water partition coefficient (Wildman–Crippen LogP) is 3.85.